The van der Waals surface area contributed by atoms with Crippen molar-refractivity contribution in [3.63, 3.8) is 0 Å². The molecule has 0 amide bonds. The lowest BCUT2D eigenvalue weighted by atomic mass is 10.1. The third-order valence-electron chi connectivity index (χ3n) is 3.06. The molecule has 0 bridgehead atoms. The first kappa shape index (κ1) is 14.1. The lowest BCUT2D eigenvalue weighted by Crippen LogP contribution is -2.30. The highest BCUT2D eigenvalue weighted by molar-refractivity contribution is 6.31. The van der Waals surface area contributed by atoms with Gasteiger partial charge in [0.25, 0.3) is 0 Å². The topological polar surface area (TPSA) is 69.0 Å². The molecule has 0 radical (unpaired) electrons. The standard InChI is InChI=1S/C13H19ClN4O/c1-2-7-18-13(11(14)9-16-18)12(17-15)6-5-10-4-3-8-19-10/h3-4,8-9,12,17H,2,5-7,15H2,1H3. The molecule has 0 aliphatic heterocycles. The van der Waals surface area contributed by atoms with E-state index in [4.69, 9.17) is 21.9 Å². The molecule has 0 saturated carbocycles. The molecule has 1 unspecified atom stereocenters. The van der Waals surface area contributed by atoms with Crippen molar-refractivity contribution in [2.24, 2.45) is 5.84 Å². The van der Waals surface area contributed by atoms with E-state index < -0.39 is 0 Å². The average Bonchev–Trinajstić information content (AvgIpc) is 3.03. The monoisotopic (exact) mass is 282 g/mol. The number of nitrogens with two attached hydrogens (primary N) is 1. The van der Waals surface area contributed by atoms with Gasteiger partial charge in [-0.2, -0.15) is 5.10 Å². The van der Waals surface area contributed by atoms with Crippen LogP contribution in [0.3, 0.4) is 0 Å². The molecule has 0 fully saturated rings. The molecule has 2 rings (SSSR count). The Hall–Kier alpha value is -1.30. The first-order valence-corrected chi connectivity index (χ1v) is 6.83. The highest BCUT2D eigenvalue weighted by Crippen LogP contribution is 2.26. The van der Waals surface area contributed by atoms with E-state index in [1.54, 1.807) is 12.5 Å². The zero-order chi connectivity index (χ0) is 13.7. The highest BCUT2D eigenvalue weighted by Gasteiger charge is 2.19. The molecule has 104 valence electrons. The summed E-state index contributed by atoms with van der Waals surface area (Å²) in [6.07, 6.45) is 5.95. The highest BCUT2D eigenvalue weighted by atomic mass is 35.5. The molecule has 0 aliphatic rings. The minimum Gasteiger partial charge on any atom is -0.469 e. The summed E-state index contributed by atoms with van der Waals surface area (Å²) in [5, 5.41) is 4.93. The fourth-order valence-corrected chi connectivity index (χ4v) is 2.42. The van der Waals surface area contributed by atoms with Gasteiger partial charge in [0.05, 0.1) is 29.2 Å². The van der Waals surface area contributed by atoms with Crippen LogP contribution in [0.1, 0.15) is 37.3 Å². The van der Waals surface area contributed by atoms with E-state index >= 15 is 0 Å². The molecule has 0 saturated heterocycles. The molecule has 2 aromatic rings. The summed E-state index contributed by atoms with van der Waals surface area (Å²) in [6.45, 7) is 2.94. The summed E-state index contributed by atoms with van der Waals surface area (Å²) in [5.41, 5.74) is 3.76. The van der Waals surface area contributed by atoms with Gasteiger partial charge in [0.2, 0.25) is 0 Å². The number of hydrogen-bond donors (Lipinski definition) is 2. The van der Waals surface area contributed by atoms with Crippen LogP contribution >= 0.6 is 11.6 Å². The van der Waals surface area contributed by atoms with Gasteiger partial charge in [0.15, 0.2) is 0 Å². The van der Waals surface area contributed by atoms with E-state index in [0.717, 1.165) is 37.3 Å². The Morgan fingerprint density at radius 1 is 1.58 bits per heavy atom. The van der Waals surface area contributed by atoms with Crippen molar-refractivity contribution in [2.75, 3.05) is 0 Å². The smallest absolute Gasteiger partial charge is 0.103 e. The third kappa shape index (κ3) is 3.37. The summed E-state index contributed by atoms with van der Waals surface area (Å²) >= 11 is 6.21. The zero-order valence-electron chi connectivity index (χ0n) is 11.0. The van der Waals surface area contributed by atoms with Crippen molar-refractivity contribution in [1.29, 1.82) is 0 Å². The molecular weight excluding hydrogens is 264 g/mol. The van der Waals surface area contributed by atoms with Crippen molar-refractivity contribution in [2.45, 2.75) is 38.8 Å². The van der Waals surface area contributed by atoms with Gasteiger partial charge < -0.3 is 4.42 Å². The maximum atomic E-state index is 6.21. The molecule has 0 aliphatic carbocycles. The lowest BCUT2D eigenvalue weighted by Gasteiger charge is -2.17. The normalized spacial score (nSPS) is 12.8. The number of hydrogen-bond acceptors (Lipinski definition) is 4. The first-order chi connectivity index (χ1) is 9.26. The number of aryl methyl sites for hydroxylation is 2. The van der Waals surface area contributed by atoms with Crippen molar-refractivity contribution in [1.82, 2.24) is 15.2 Å². The predicted molar refractivity (Wildman–Crippen MR) is 74.6 cm³/mol. The lowest BCUT2D eigenvalue weighted by molar-refractivity contribution is 0.431. The molecule has 3 N–H and O–H groups in total. The molecular formula is C13H19ClN4O. The molecule has 0 spiro atoms. The Kier molecular flexibility index (Phi) is 5.01. The van der Waals surface area contributed by atoms with E-state index in [1.807, 2.05) is 16.8 Å². The van der Waals surface area contributed by atoms with Gasteiger partial charge in [0, 0.05) is 13.0 Å². The second-order valence-electron chi connectivity index (χ2n) is 4.44. The number of rotatable bonds is 7. The van der Waals surface area contributed by atoms with Crippen molar-refractivity contribution in [3.8, 4) is 0 Å². The quantitative estimate of drug-likeness (QED) is 0.605. The summed E-state index contributed by atoms with van der Waals surface area (Å²) < 4.78 is 7.24. The largest absolute Gasteiger partial charge is 0.469 e. The Morgan fingerprint density at radius 2 is 2.42 bits per heavy atom. The number of aromatic nitrogens is 2. The van der Waals surface area contributed by atoms with E-state index in [2.05, 4.69) is 17.4 Å². The van der Waals surface area contributed by atoms with Crippen LogP contribution in [0.4, 0.5) is 0 Å². The van der Waals surface area contributed by atoms with Gasteiger partial charge in [-0.25, -0.2) is 0 Å². The first-order valence-electron chi connectivity index (χ1n) is 6.46. The maximum absolute atomic E-state index is 6.21. The molecule has 0 aromatic carbocycles. The van der Waals surface area contributed by atoms with Gasteiger partial charge in [-0.3, -0.25) is 16.0 Å². The van der Waals surface area contributed by atoms with Crippen LogP contribution in [0.5, 0.6) is 0 Å². The van der Waals surface area contributed by atoms with Gasteiger partial charge in [-0.15, -0.1) is 0 Å². The SMILES string of the molecule is CCCn1ncc(Cl)c1C(CCc1ccco1)NN. The third-order valence-corrected chi connectivity index (χ3v) is 3.35. The Labute approximate surface area is 117 Å². The number of furan rings is 1. The van der Waals surface area contributed by atoms with Gasteiger partial charge in [-0.05, 0) is 25.0 Å². The molecule has 19 heavy (non-hydrogen) atoms. The van der Waals surface area contributed by atoms with E-state index in [9.17, 15) is 0 Å². The Morgan fingerprint density at radius 3 is 3.05 bits per heavy atom. The second-order valence-corrected chi connectivity index (χ2v) is 4.85. The summed E-state index contributed by atoms with van der Waals surface area (Å²) in [7, 11) is 0. The Balaban J connectivity index is 2.10. The predicted octanol–water partition coefficient (Wildman–Crippen LogP) is 2.68. The van der Waals surface area contributed by atoms with Gasteiger partial charge in [-0.1, -0.05) is 18.5 Å². The van der Waals surface area contributed by atoms with Gasteiger partial charge >= 0.3 is 0 Å². The van der Waals surface area contributed by atoms with Crippen LogP contribution in [-0.4, -0.2) is 9.78 Å². The van der Waals surface area contributed by atoms with E-state index in [0.29, 0.717) is 5.02 Å². The molecule has 5 nitrogen and oxygen atoms in total. The van der Waals surface area contributed by atoms with Crippen LogP contribution in [0.15, 0.2) is 29.0 Å². The minimum atomic E-state index is -0.0355. The molecule has 2 heterocycles. The van der Waals surface area contributed by atoms with Crippen LogP contribution in [0.25, 0.3) is 0 Å². The number of hydrazine groups is 1. The van der Waals surface area contributed by atoms with Crippen molar-refractivity contribution < 1.29 is 4.42 Å². The number of nitrogens with zero attached hydrogens (tertiary/aromatic N) is 2. The fraction of sp³-hybridized carbons (Fsp3) is 0.462. The van der Waals surface area contributed by atoms with Crippen LogP contribution in [0.2, 0.25) is 5.02 Å². The fourth-order valence-electron chi connectivity index (χ4n) is 2.15. The summed E-state index contributed by atoms with van der Waals surface area (Å²) in [5.74, 6) is 6.60. The van der Waals surface area contributed by atoms with Crippen LogP contribution in [0, 0.1) is 0 Å². The maximum Gasteiger partial charge on any atom is 0.103 e. The van der Waals surface area contributed by atoms with E-state index in [1.165, 1.54) is 0 Å². The zero-order valence-corrected chi connectivity index (χ0v) is 11.7. The molecule has 2 aromatic heterocycles. The number of nitrogens with one attached hydrogen (secondary N) is 1. The van der Waals surface area contributed by atoms with Crippen molar-refractivity contribution >= 4 is 11.6 Å². The van der Waals surface area contributed by atoms with E-state index in [-0.39, 0.29) is 6.04 Å². The van der Waals surface area contributed by atoms with Crippen LogP contribution < -0.4 is 11.3 Å². The Bertz CT molecular complexity index is 495. The minimum absolute atomic E-state index is 0.0355. The molecule has 1 atom stereocenters. The average molecular weight is 283 g/mol. The van der Waals surface area contributed by atoms with Gasteiger partial charge in [0.1, 0.15) is 5.76 Å². The summed E-state index contributed by atoms with van der Waals surface area (Å²) in [6, 6.07) is 3.80. The second kappa shape index (κ2) is 6.75. The molecule has 6 heteroatoms. The number of halogens is 1. The van der Waals surface area contributed by atoms with Crippen LogP contribution in [-0.2, 0) is 13.0 Å². The van der Waals surface area contributed by atoms with Crippen molar-refractivity contribution in [3.05, 3.63) is 41.1 Å². The summed E-state index contributed by atoms with van der Waals surface area (Å²) in [4.78, 5) is 0.